The van der Waals surface area contributed by atoms with Crippen LogP contribution in [0.1, 0.15) is 5.56 Å². The van der Waals surface area contributed by atoms with Crippen LogP contribution >= 0.6 is 11.3 Å². The molecule has 0 aliphatic heterocycles. The number of benzene rings is 2. The molecule has 21 heavy (non-hydrogen) atoms. The Morgan fingerprint density at radius 2 is 1.71 bits per heavy atom. The molecule has 0 bridgehead atoms. The number of halogens is 3. The van der Waals surface area contributed by atoms with E-state index in [4.69, 9.17) is 0 Å². The Morgan fingerprint density at radius 1 is 1.05 bits per heavy atom. The van der Waals surface area contributed by atoms with E-state index in [0.717, 1.165) is 16.9 Å². The minimum atomic E-state index is -1.58. The lowest BCUT2D eigenvalue weighted by atomic mass is 10.2. The molecule has 0 N–H and O–H groups in total. The highest BCUT2D eigenvalue weighted by molar-refractivity contribution is 7.21. The third-order valence-electron chi connectivity index (χ3n) is 3.05. The number of aryl methyl sites for hydroxylation is 1. The molecule has 0 fully saturated rings. The molecule has 6 heteroatoms. The Bertz CT molecular complexity index is 903. The first-order valence-electron chi connectivity index (χ1n) is 6.03. The van der Waals surface area contributed by atoms with Gasteiger partial charge in [-0.3, -0.25) is 4.79 Å². The molecule has 2 aromatic carbocycles. The van der Waals surface area contributed by atoms with E-state index >= 15 is 0 Å². The molecule has 0 radical (unpaired) electrons. The summed E-state index contributed by atoms with van der Waals surface area (Å²) in [5.74, 6) is -4.34. The van der Waals surface area contributed by atoms with Crippen molar-refractivity contribution in [1.29, 1.82) is 0 Å². The average molecular weight is 307 g/mol. The number of nitrogens with zero attached hydrogens (tertiary/aromatic N) is 1. The van der Waals surface area contributed by atoms with Gasteiger partial charge < -0.3 is 0 Å². The van der Waals surface area contributed by atoms with Crippen molar-refractivity contribution in [3.8, 4) is 10.6 Å². The topological polar surface area (TPSA) is 30.0 Å². The second-order valence-electron chi connectivity index (χ2n) is 4.55. The van der Waals surface area contributed by atoms with Crippen LogP contribution in [0, 0.1) is 24.4 Å². The standard InChI is InChI=1S/C15H8F3NOS/c1-7-2-4-8(5-3-7)15-19-14(20)9-6-10(16)11(17)12(18)13(9)21-15/h2-6H,1H3. The smallest absolute Gasteiger partial charge is 0.267 e. The van der Waals surface area contributed by atoms with Gasteiger partial charge in [0.1, 0.15) is 5.01 Å². The molecule has 106 valence electrons. The van der Waals surface area contributed by atoms with Crippen LogP contribution in [0.25, 0.3) is 20.7 Å². The molecule has 3 aromatic rings. The number of hydrogen-bond acceptors (Lipinski definition) is 3. The van der Waals surface area contributed by atoms with Crippen LogP contribution in [-0.4, -0.2) is 4.98 Å². The van der Waals surface area contributed by atoms with Gasteiger partial charge in [-0.2, -0.15) is 4.98 Å². The van der Waals surface area contributed by atoms with Gasteiger partial charge in [-0.05, 0) is 13.0 Å². The molecule has 3 rings (SSSR count). The van der Waals surface area contributed by atoms with Crippen molar-refractivity contribution in [3.63, 3.8) is 0 Å². The fraction of sp³-hybridized carbons (Fsp3) is 0.0667. The van der Waals surface area contributed by atoms with Crippen LogP contribution in [0.2, 0.25) is 0 Å². The fourth-order valence-corrected chi connectivity index (χ4v) is 2.94. The number of rotatable bonds is 1. The maximum absolute atomic E-state index is 13.8. The third kappa shape index (κ3) is 2.31. The van der Waals surface area contributed by atoms with E-state index in [-0.39, 0.29) is 15.1 Å². The van der Waals surface area contributed by atoms with Gasteiger partial charge in [-0.15, -0.1) is 11.3 Å². The van der Waals surface area contributed by atoms with Gasteiger partial charge in [0.25, 0.3) is 5.56 Å². The van der Waals surface area contributed by atoms with Crippen LogP contribution in [0.4, 0.5) is 13.2 Å². The Labute approximate surface area is 121 Å². The monoisotopic (exact) mass is 307 g/mol. The van der Waals surface area contributed by atoms with Gasteiger partial charge >= 0.3 is 0 Å². The molecule has 0 amide bonds. The molecule has 0 atom stereocenters. The van der Waals surface area contributed by atoms with Gasteiger partial charge in [-0.1, -0.05) is 29.8 Å². The van der Waals surface area contributed by atoms with E-state index < -0.39 is 23.0 Å². The van der Waals surface area contributed by atoms with Gasteiger partial charge in [0.2, 0.25) is 0 Å². The van der Waals surface area contributed by atoms with E-state index in [1.807, 2.05) is 19.1 Å². The summed E-state index contributed by atoms with van der Waals surface area (Å²) in [6, 6.07) is 7.78. The Kier molecular flexibility index (Phi) is 3.25. The summed E-state index contributed by atoms with van der Waals surface area (Å²) in [6.45, 7) is 1.90. The first kappa shape index (κ1) is 13.8. The number of aromatic nitrogens is 1. The highest BCUT2D eigenvalue weighted by Crippen LogP contribution is 2.29. The molecule has 0 aliphatic carbocycles. The van der Waals surface area contributed by atoms with Crippen LogP contribution in [-0.2, 0) is 0 Å². The summed E-state index contributed by atoms with van der Waals surface area (Å²) in [4.78, 5) is 15.7. The highest BCUT2D eigenvalue weighted by Gasteiger charge is 2.18. The summed E-state index contributed by atoms with van der Waals surface area (Å²) in [5, 5.41) is 0.00432. The summed E-state index contributed by atoms with van der Waals surface area (Å²) < 4.78 is 40.1. The zero-order valence-electron chi connectivity index (χ0n) is 10.8. The van der Waals surface area contributed by atoms with Crippen molar-refractivity contribution in [2.45, 2.75) is 6.92 Å². The Morgan fingerprint density at radius 3 is 2.38 bits per heavy atom. The van der Waals surface area contributed by atoms with Gasteiger partial charge in [0, 0.05) is 5.56 Å². The van der Waals surface area contributed by atoms with Crippen molar-refractivity contribution in [1.82, 2.24) is 4.98 Å². The summed E-state index contributed by atoms with van der Waals surface area (Å²) in [5.41, 5.74) is 0.858. The highest BCUT2D eigenvalue weighted by atomic mass is 32.1. The molecule has 0 spiro atoms. The summed E-state index contributed by atoms with van der Waals surface area (Å²) in [7, 11) is 0. The van der Waals surface area contributed by atoms with E-state index in [1.54, 1.807) is 12.1 Å². The van der Waals surface area contributed by atoms with E-state index in [9.17, 15) is 18.0 Å². The second-order valence-corrected chi connectivity index (χ2v) is 5.55. The van der Waals surface area contributed by atoms with Crippen molar-refractivity contribution < 1.29 is 13.2 Å². The molecule has 2 nitrogen and oxygen atoms in total. The lowest BCUT2D eigenvalue weighted by Gasteiger charge is -2.04. The maximum Gasteiger partial charge on any atom is 0.280 e. The normalized spacial score (nSPS) is 11.0. The minimum absolute atomic E-state index is 0.232. The molecule has 1 aromatic heterocycles. The zero-order chi connectivity index (χ0) is 15.1. The lowest BCUT2D eigenvalue weighted by Crippen LogP contribution is -2.08. The molecular formula is C15H8F3NOS. The fourth-order valence-electron chi connectivity index (χ4n) is 1.93. The van der Waals surface area contributed by atoms with Gasteiger partial charge in [0.05, 0.1) is 10.1 Å². The molecule has 0 saturated carbocycles. The van der Waals surface area contributed by atoms with Crippen molar-refractivity contribution in [3.05, 3.63) is 63.7 Å². The minimum Gasteiger partial charge on any atom is -0.267 e. The Hall–Kier alpha value is -2.21. The Balaban J connectivity index is 2.33. The summed E-state index contributed by atoms with van der Waals surface area (Å²) >= 11 is 0.817. The quantitative estimate of drug-likeness (QED) is 0.635. The third-order valence-corrected chi connectivity index (χ3v) is 4.17. The largest absolute Gasteiger partial charge is 0.280 e. The predicted octanol–water partition coefficient (Wildman–Crippen LogP) is 4.05. The average Bonchev–Trinajstić information content (AvgIpc) is 2.47. The zero-order valence-corrected chi connectivity index (χ0v) is 11.6. The van der Waals surface area contributed by atoms with E-state index in [2.05, 4.69) is 4.98 Å². The summed E-state index contributed by atoms with van der Waals surface area (Å²) in [6.07, 6.45) is 0. The first-order chi connectivity index (χ1) is 9.97. The molecule has 1 heterocycles. The molecule has 0 unspecified atom stereocenters. The van der Waals surface area contributed by atoms with Crippen molar-refractivity contribution in [2.75, 3.05) is 0 Å². The van der Waals surface area contributed by atoms with Crippen molar-refractivity contribution >= 4 is 21.4 Å². The second kappa shape index (κ2) is 4.96. The van der Waals surface area contributed by atoms with Crippen LogP contribution in [0.5, 0.6) is 0 Å². The first-order valence-corrected chi connectivity index (χ1v) is 6.84. The number of fused-ring (bicyclic) bond motifs is 1. The predicted molar refractivity (Wildman–Crippen MR) is 75.9 cm³/mol. The van der Waals surface area contributed by atoms with Crippen molar-refractivity contribution in [2.24, 2.45) is 0 Å². The van der Waals surface area contributed by atoms with Gasteiger partial charge in [0.15, 0.2) is 17.5 Å². The molecule has 0 saturated heterocycles. The number of hydrogen-bond donors (Lipinski definition) is 0. The maximum atomic E-state index is 13.8. The van der Waals surface area contributed by atoms with Crippen LogP contribution in [0.15, 0.2) is 35.1 Å². The van der Waals surface area contributed by atoms with E-state index in [0.29, 0.717) is 11.6 Å². The lowest BCUT2D eigenvalue weighted by molar-refractivity contribution is 0.454. The van der Waals surface area contributed by atoms with Gasteiger partial charge in [-0.25, -0.2) is 13.2 Å². The SMILES string of the molecule is Cc1ccc(-c2nc(=O)c3cc(F)c(F)c(F)c3s2)cc1. The molecule has 0 aliphatic rings. The molecular weight excluding hydrogens is 299 g/mol. The van der Waals surface area contributed by atoms with Crippen LogP contribution in [0.3, 0.4) is 0 Å². The van der Waals surface area contributed by atoms with E-state index in [1.165, 1.54) is 0 Å². The van der Waals surface area contributed by atoms with Crippen LogP contribution < -0.4 is 5.56 Å².